The SMILES string of the molecule is c1ccc(-n2ccc(CCNCc3cn[nH]c3-c3cccnc3)n2)cc1. The fourth-order valence-electron chi connectivity index (χ4n) is 2.86. The van der Waals surface area contributed by atoms with Crippen LogP contribution in [0.15, 0.2) is 73.3 Å². The first-order valence-electron chi connectivity index (χ1n) is 8.63. The van der Waals surface area contributed by atoms with Crippen molar-refractivity contribution in [3.8, 4) is 16.9 Å². The van der Waals surface area contributed by atoms with Crippen LogP contribution in [0.25, 0.3) is 16.9 Å². The largest absolute Gasteiger partial charge is 0.312 e. The van der Waals surface area contributed by atoms with E-state index >= 15 is 0 Å². The van der Waals surface area contributed by atoms with Gasteiger partial charge >= 0.3 is 0 Å². The number of pyridine rings is 1. The fraction of sp³-hybridized carbons (Fsp3) is 0.150. The van der Waals surface area contributed by atoms with Crippen LogP contribution in [0.5, 0.6) is 0 Å². The molecular formula is C20H20N6. The summed E-state index contributed by atoms with van der Waals surface area (Å²) in [6, 6.07) is 16.2. The minimum Gasteiger partial charge on any atom is -0.312 e. The third-order valence-electron chi connectivity index (χ3n) is 4.21. The van der Waals surface area contributed by atoms with Crippen molar-refractivity contribution in [1.82, 2.24) is 30.3 Å². The number of hydrogen-bond acceptors (Lipinski definition) is 4. The summed E-state index contributed by atoms with van der Waals surface area (Å²) < 4.78 is 1.91. The van der Waals surface area contributed by atoms with Crippen LogP contribution in [-0.4, -0.2) is 31.5 Å². The molecular weight excluding hydrogens is 324 g/mol. The highest BCUT2D eigenvalue weighted by Gasteiger charge is 2.07. The maximum Gasteiger partial charge on any atom is 0.0710 e. The smallest absolute Gasteiger partial charge is 0.0710 e. The number of para-hydroxylation sites is 1. The molecule has 0 aliphatic rings. The third-order valence-corrected chi connectivity index (χ3v) is 4.21. The highest BCUT2D eigenvalue weighted by atomic mass is 15.3. The minimum absolute atomic E-state index is 0.750. The molecule has 2 N–H and O–H groups in total. The summed E-state index contributed by atoms with van der Waals surface area (Å²) in [5, 5.41) is 15.3. The highest BCUT2D eigenvalue weighted by molar-refractivity contribution is 5.61. The molecule has 26 heavy (non-hydrogen) atoms. The number of nitrogens with one attached hydrogen (secondary N) is 2. The van der Waals surface area contributed by atoms with Crippen molar-refractivity contribution in [2.75, 3.05) is 6.54 Å². The lowest BCUT2D eigenvalue weighted by Crippen LogP contribution is -2.17. The second-order valence-electron chi connectivity index (χ2n) is 6.03. The molecule has 0 radical (unpaired) electrons. The fourth-order valence-corrected chi connectivity index (χ4v) is 2.86. The summed E-state index contributed by atoms with van der Waals surface area (Å²) in [6.45, 7) is 1.60. The van der Waals surface area contributed by atoms with E-state index in [0.29, 0.717) is 0 Å². The molecule has 0 aliphatic carbocycles. The molecule has 4 aromatic rings. The second-order valence-corrected chi connectivity index (χ2v) is 6.03. The third kappa shape index (κ3) is 3.70. The normalized spacial score (nSPS) is 10.9. The lowest BCUT2D eigenvalue weighted by atomic mass is 10.1. The number of H-pyrrole nitrogens is 1. The lowest BCUT2D eigenvalue weighted by molar-refractivity contribution is 0.675. The van der Waals surface area contributed by atoms with Gasteiger partial charge in [0.1, 0.15) is 0 Å². The van der Waals surface area contributed by atoms with Gasteiger partial charge in [0.2, 0.25) is 0 Å². The van der Waals surface area contributed by atoms with Gasteiger partial charge in [-0.3, -0.25) is 10.1 Å². The molecule has 3 aromatic heterocycles. The van der Waals surface area contributed by atoms with Crippen molar-refractivity contribution in [2.45, 2.75) is 13.0 Å². The van der Waals surface area contributed by atoms with Crippen LogP contribution >= 0.6 is 0 Å². The Labute approximate surface area is 151 Å². The van der Waals surface area contributed by atoms with E-state index in [-0.39, 0.29) is 0 Å². The van der Waals surface area contributed by atoms with Gasteiger partial charge in [-0.05, 0) is 30.3 Å². The maximum atomic E-state index is 4.63. The van der Waals surface area contributed by atoms with Gasteiger partial charge in [0.05, 0.1) is 23.3 Å². The van der Waals surface area contributed by atoms with Crippen molar-refractivity contribution >= 4 is 0 Å². The number of rotatable bonds is 7. The average molecular weight is 344 g/mol. The van der Waals surface area contributed by atoms with Crippen molar-refractivity contribution in [1.29, 1.82) is 0 Å². The van der Waals surface area contributed by atoms with E-state index in [4.69, 9.17) is 0 Å². The van der Waals surface area contributed by atoms with E-state index < -0.39 is 0 Å². The molecule has 4 rings (SSSR count). The van der Waals surface area contributed by atoms with Crippen LogP contribution in [0.4, 0.5) is 0 Å². The van der Waals surface area contributed by atoms with Gasteiger partial charge in [0.25, 0.3) is 0 Å². The van der Waals surface area contributed by atoms with E-state index in [2.05, 4.69) is 31.7 Å². The molecule has 0 spiro atoms. The first-order valence-corrected chi connectivity index (χ1v) is 8.63. The Morgan fingerprint density at radius 2 is 1.92 bits per heavy atom. The molecule has 3 heterocycles. The van der Waals surface area contributed by atoms with E-state index in [0.717, 1.165) is 47.7 Å². The Bertz CT molecular complexity index is 943. The van der Waals surface area contributed by atoms with Gasteiger partial charge < -0.3 is 5.32 Å². The molecule has 6 nitrogen and oxygen atoms in total. The molecule has 0 unspecified atom stereocenters. The molecule has 0 atom stereocenters. The Morgan fingerprint density at radius 1 is 1.00 bits per heavy atom. The topological polar surface area (TPSA) is 71.4 Å². The van der Waals surface area contributed by atoms with Gasteiger partial charge in [0.15, 0.2) is 0 Å². The van der Waals surface area contributed by atoms with Gasteiger partial charge in [0, 0.05) is 49.2 Å². The van der Waals surface area contributed by atoms with Crippen LogP contribution in [0.3, 0.4) is 0 Å². The minimum atomic E-state index is 0.750. The summed E-state index contributed by atoms with van der Waals surface area (Å²) in [5.41, 5.74) is 5.34. The monoisotopic (exact) mass is 344 g/mol. The zero-order valence-corrected chi connectivity index (χ0v) is 14.3. The van der Waals surface area contributed by atoms with Gasteiger partial charge in [-0.1, -0.05) is 18.2 Å². The molecule has 0 amide bonds. The van der Waals surface area contributed by atoms with Crippen molar-refractivity contribution in [3.63, 3.8) is 0 Å². The first kappa shape index (κ1) is 16.2. The summed E-state index contributed by atoms with van der Waals surface area (Å²) in [5.74, 6) is 0. The predicted octanol–water partition coefficient (Wildman–Crippen LogP) is 2.99. The molecule has 0 aliphatic heterocycles. The number of hydrogen-bond donors (Lipinski definition) is 2. The van der Waals surface area contributed by atoms with E-state index in [1.165, 1.54) is 0 Å². The van der Waals surface area contributed by atoms with Crippen LogP contribution in [0, 0.1) is 0 Å². The molecule has 6 heteroatoms. The number of aromatic nitrogens is 5. The van der Waals surface area contributed by atoms with E-state index in [1.54, 1.807) is 6.20 Å². The standard InChI is InChI=1S/C20H20N6/c1-2-6-19(7-3-1)26-12-9-18(25-26)8-11-22-14-17-15-23-24-20(17)16-5-4-10-21-13-16/h1-7,9-10,12-13,15,22H,8,11,14H2,(H,23,24). The highest BCUT2D eigenvalue weighted by Crippen LogP contribution is 2.19. The number of aromatic amines is 1. The lowest BCUT2D eigenvalue weighted by Gasteiger charge is -2.05. The van der Waals surface area contributed by atoms with Crippen LogP contribution < -0.4 is 5.32 Å². The Hall–Kier alpha value is -3.25. The van der Waals surface area contributed by atoms with Gasteiger partial charge in [-0.25, -0.2) is 4.68 Å². The predicted molar refractivity (Wildman–Crippen MR) is 101 cm³/mol. The first-order chi connectivity index (χ1) is 12.9. The summed E-state index contributed by atoms with van der Waals surface area (Å²) in [4.78, 5) is 4.17. The van der Waals surface area contributed by atoms with Crippen LogP contribution in [-0.2, 0) is 13.0 Å². The quantitative estimate of drug-likeness (QED) is 0.506. The molecule has 130 valence electrons. The van der Waals surface area contributed by atoms with Crippen molar-refractivity contribution < 1.29 is 0 Å². The van der Waals surface area contributed by atoms with Crippen molar-refractivity contribution in [2.24, 2.45) is 0 Å². The average Bonchev–Trinajstić information content (AvgIpc) is 3.36. The molecule has 0 saturated heterocycles. The number of benzene rings is 1. The van der Waals surface area contributed by atoms with E-state index in [9.17, 15) is 0 Å². The molecule has 1 aromatic carbocycles. The Balaban J connectivity index is 1.32. The Morgan fingerprint density at radius 3 is 2.77 bits per heavy atom. The zero-order chi connectivity index (χ0) is 17.6. The van der Waals surface area contributed by atoms with Crippen LogP contribution in [0.1, 0.15) is 11.3 Å². The summed E-state index contributed by atoms with van der Waals surface area (Å²) in [7, 11) is 0. The second kappa shape index (κ2) is 7.76. The number of nitrogens with zero attached hydrogens (tertiary/aromatic N) is 4. The van der Waals surface area contributed by atoms with Gasteiger partial charge in [-0.2, -0.15) is 10.2 Å². The van der Waals surface area contributed by atoms with E-state index in [1.807, 2.05) is 65.7 Å². The summed E-state index contributed by atoms with van der Waals surface area (Å²) >= 11 is 0. The van der Waals surface area contributed by atoms with Crippen LogP contribution in [0.2, 0.25) is 0 Å². The zero-order valence-electron chi connectivity index (χ0n) is 14.3. The molecule has 0 bridgehead atoms. The summed E-state index contributed by atoms with van der Waals surface area (Å²) in [6.07, 6.45) is 8.35. The van der Waals surface area contributed by atoms with Gasteiger partial charge in [-0.15, -0.1) is 0 Å². The maximum absolute atomic E-state index is 4.63. The Kier molecular flexibility index (Phi) is 4.84. The molecule has 0 saturated carbocycles. The molecule has 0 fully saturated rings. The van der Waals surface area contributed by atoms with Crippen molar-refractivity contribution in [3.05, 3.63) is 84.6 Å².